The second kappa shape index (κ2) is 5.89. The maximum atomic E-state index is 12.9. The van der Waals surface area contributed by atoms with Crippen molar-refractivity contribution < 1.29 is 4.79 Å². The molecule has 0 N–H and O–H groups in total. The van der Waals surface area contributed by atoms with Gasteiger partial charge in [0.2, 0.25) is 0 Å². The maximum Gasteiger partial charge on any atom is 0.256 e. The number of carbonyl (C=O) groups excluding carboxylic acids is 1. The van der Waals surface area contributed by atoms with E-state index in [-0.39, 0.29) is 5.91 Å². The minimum Gasteiger partial charge on any atom is -0.336 e. The Balaban J connectivity index is 1.92. The van der Waals surface area contributed by atoms with Gasteiger partial charge in [-0.15, -0.1) is 5.10 Å². The van der Waals surface area contributed by atoms with Crippen molar-refractivity contribution in [1.82, 2.24) is 19.9 Å². The Bertz CT molecular complexity index is 618. The molecule has 1 aliphatic heterocycles. The van der Waals surface area contributed by atoms with Crippen molar-refractivity contribution in [2.24, 2.45) is 0 Å². The smallest absolute Gasteiger partial charge is 0.256 e. The number of benzene rings is 1. The summed E-state index contributed by atoms with van der Waals surface area (Å²) >= 11 is 1.94. The van der Waals surface area contributed by atoms with E-state index in [1.165, 1.54) is 0 Å². The third kappa shape index (κ3) is 2.95. The lowest BCUT2D eigenvalue weighted by Crippen LogP contribution is -2.44. The van der Waals surface area contributed by atoms with Gasteiger partial charge in [0.1, 0.15) is 0 Å². The summed E-state index contributed by atoms with van der Waals surface area (Å²) in [7, 11) is 0. The summed E-state index contributed by atoms with van der Waals surface area (Å²) < 4.78 is 1.64. The van der Waals surface area contributed by atoms with Gasteiger partial charge in [-0.1, -0.05) is 31.2 Å². The molecule has 1 aromatic heterocycles. The molecule has 1 fully saturated rings. The molecule has 3 rings (SSSR count). The van der Waals surface area contributed by atoms with Crippen molar-refractivity contribution in [2.75, 3.05) is 13.1 Å². The van der Waals surface area contributed by atoms with E-state index < -0.39 is 0 Å². The van der Waals surface area contributed by atoms with Crippen LogP contribution in [-0.2, 0) is 0 Å². The standard InChI is InChI=1S/C15H18N4OS/c1-11-9-18(10-12(2)21-11)15(20)13-5-3-4-6-14(13)19-8-7-16-17-19/h3-8,11-12H,9-10H2,1-2H3. The zero-order chi connectivity index (χ0) is 14.8. The number of rotatable bonds is 2. The summed E-state index contributed by atoms with van der Waals surface area (Å²) in [6, 6.07) is 7.55. The third-order valence-electron chi connectivity index (χ3n) is 3.51. The second-order valence-corrected chi connectivity index (χ2v) is 7.21. The molecule has 1 aromatic carbocycles. The number of carbonyl (C=O) groups is 1. The highest BCUT2D eigenvalue weighted by atomic mass is 32.2. The zero-order valence-electron chi connectivity index (χ0n) is 12.1. The van der Waals surface area contributed by atoms with Crippen molar-refractivity contribution in [3.8, 4) is 5.69 Å². The van der Waals surface area contributed by atoms with E-state index in [4.69, 9.17) is 0 Å². The van der Waals surface area contributed by atoms with Crippen LogP contribution in [0.1, 0.15) is 24.2 Å². The summed E-state index contributed by atoms with van der Waals surface area (Å²) in [5, 5.41) is 8.75. The molecule has 0 bridgehead atoms. The van der Waals surface area contributed by atoms with E-state index in [0.717, 1.165) is 18.8 Å². The highest BCUT2D eigenvalue weighted by molar-refractivity contribution is 8.00. The molecule has 5 nitrogen and oxygen atoms in total. The van der Waals surface area contributed by atoms with Crippen LogP contribution < -0.4 is 0 Å². The molecule has 2 heterocycles. The molecule has 0 spiro atoms. The summed E-state index contributed by atoms with van der Waals surface area (Å²) in [5.74, 6) is 0.0695. The van der Waals surface area contributed by atoms with Gasteiger partial charge < -0.3 is 4.90 Å². The van der Waals surface area contributed by atoms with E-state index in [9.17, 15) is 4.79 Å². The first-order valence-electron chi connectivity index (χ1n) is 7.05. The van der Waals surface area contributed by atoms with Crippen molar-refractivity contribution in [1.29, 1.82) is 0 Å². The van der Waals surface area contributed by atoms with E-state index >= 15 is 0 Å². The molecule has 6 heteroatoms. The average molecular weight is 302 g/mol. The van der Waals surface area contributed by atoms with Gasteiger partial charge in [-0.2, -0.15) is 11.8 Å². The predicted octanol–water partition coefficient (Wildman–Crippen LogP) is 2.23. The first-order chi connectivity index (χ1) is 10.1. The molecule has 2 unspecified atom stereocenters. The SMILES string of the molecule is CC1CN(C(=O)c2ccccc2-n2ccnn2)CC(C)S1. The third-order valence-corrected chi connectivity index (χ3v) is 4.74. The molecule has 2 atom stereocenters. The molecule has 21 heavy (non-hydrogen) atoms. The Morgan fingerprint density at radius 3 is 2.62 bits per heavy atom. The van der Waals surface area contributed by atoms with Crippen LogP contribution in [0.3, 0.4) is 0 Å². The molecule has 2 aromatic rings. The van der Waals surface area contributed by atoms with Gasteiger partial charge in [0.05, 0.1) is 23.6 Å². The van der Waals surface area contributed by atoms with Crippen LogP contribution in [0.4, 0.5) is 0 Å². The van der Waals surface area contributed by atoms with Crippen LogP contribution in [0, 0.1) is 0 Å². The van der Waals surface area contributed by atoms with Gasteiger partial charge >= 0.3 is 0 Å². The van der Waals surface area contributed by atoms with Crippen LogP contribution in [0.5, 0.6) is 0 Å². The van der Waals surface area contributed by atoms with Crippen molar-refractivity contribution >= 4 is 17.7 Å². The van der Waals surface area contributed by atoms with Crippen molar-refractivity contribution in [3.05, 3.63) is 42.2 Å². The van der Waals surface area contributed by atoms with E-state index in [2.05, 4.69) is 24.2 Å². The van der Waals surface area contributed by atoms with Gasteiger partial charge in [0, 0.05) is 23.6 Å². The first kappa shape index (κ1) is 14.1. The monoisotopic (exact) mass is 302 g/mol. The molecule has 1 aliphatic rings. The molecular weight excluding hydrogens is 284 g/mol. The quantitative estimate of drug-likeness (QED) is 0.853. The van der Waals surface area contributed by atoms with Gasteiger partial charge in [-0.05, 0) is 12.1 Å². The Morgan fingerprint density at radius 2 is 1.95 bits per heavy atom. The average Bonchev–Trinajstić information content (AvgIpc) is 2.99. The summed E-state index contributed by atoms with van der Waals surface area (Å²) in [6.45, 7) is 5.92. The molecule has 0 aliphatic carbocycles. The number of amides is 1. The van der Waals surface area contributed by atoms with Crippen LogP contribution in [-0.4, -0.2) is 49.4 Å². The van der Waals surface area contributed by atoms with Crippen LogP contribution >= 0.6 is 11.8 Å². The maximum absolute atomic E-state index is 12.9. The molecular formula is C15H18N4OS. The van der Waals surface area contributed by atoms with Crippen LogP contribution in [0.25, 0.3) is 5.69 Å². The number of thioether (sulfide) groups is 1. The molecule has 110 valence electrons. The zero-order valence-corrected chi connectivity index (χ0v) is 13.0. The van der Waals surface area contributed by atoms with Gasteiger partial charge in [0.15, 0.2) is 0 Å². The Hall–Kier alpha value is -1.82. The minimum atomic E-state index is 0.0695. The Kier molecular flexibility index (Phi) is 3.96. The normalized spacial score (nSPS) is 22.3. The molecule has 0 radical (unpaired) electrons. The van der Waals surface area contributed by atoms with Crippen LogP contribution in [0.2, 0.25) is 0 Å². The lowest BCUT2D eigenvalue weighted by atomic mass is 10.1. The molecule has 1 amide bonds. The molecule has 0 saturated carbocycles. The summed E-state index contributed by atoms with van der Waals surface area (Å²) in [5.41, 5.74) is 1.45. The Labute approximate surface area is 128 Å². The fourth-order valence-corrected chi connectivity index (χ4v) is 4.03. The Morgan fingerprint density at radius 1 is 1.24 bits per heavy atom. The summed E-state index contributed by atoms with van der Waals surface area (Å²) in [6.07, 6.45) is 3.37. The van der Waals surface area contributed by atoms with Gasteiger partial charge in [-0.25, -0.2) is 4.68 Å². The number of hydrogen-bond donors (Lipinski definition) is 0. The minimum absolute atomic E-state index is 0.0695. The highest BCUT2D eigenvalue weighted by Crippen LogP contribution is 2.26. The fraction of sp³-hybridized carbons (Fsp3) is 0.400. The molecule has 1 saturated heterocycles. The van der Waals surface area contributed by atoms with E-state index in [1.54, 1.807) is 17.1 Å². The summed E-state index contributed by atoms with van der Waals surface area (Å²) in [4.78, 5) is 14.8. The number of aromatic nitrogens is 3. The second-order valence-electron chi connectivity index (χ2n) is 5.33. The topological polar surface area (TPSA) is 51.0 Å². The van der Waals surface area contributed by atoms with Crippen molar-refractivity contribution in [2.45, 2.75) is 24.3 Å². The van der Waals surface area contributed by atoms with E-state index in [1.807, 2.05) is 40.9 Å². The predicted molar refractivity (Wildman–Crippen MR) is 83.8 cm³/mol. The highest BCUT2D eigenvalue weighted by Gasteiger charge is 2.27. The van der Waals surface area contributed by atoms with E-state index in [0.29, 0.717) is 16.1 Å². The number of para-hydroxylation sites is 1. The van der Waals surface area contributed by atoms with Gasteiger partial charge in [0.25, 0.3) is 5.91 Å². The van der Waals surface area contributed by atoms with Crippen molar-refractivity contribution in [3.63, 3.8) is 0 Å². The lowest BCUT2D eigenvalue weighted by Gasteiger charge is -2.34. The number of nitrogens with zero attached hydrogens (tertiary/aromatic N) is 4. The van der Waals surface area contributed by atoms with Gasteiger partial charge in [-0.3, -0.25) is 4.79 Å². The largest absolute Gasteiger partial charge is 0.336 e. The fourth-order valence-electron chi connectivity index (χ4n) is 2.71. The van der Waals surface area contributed by atoms with Crippen LogP contribution in [0.15, 0.2) is 36.7 Å². The lowest BCUT2D eigenvalue weighted by molar-refractivity contribution is 0.0753. The first-order valence-corrected chi connectivity index (χ1v) is 8.00. The number of hydrogen-bond acceptors (Lipinski definition) is 4.